The first kappa shape index (κ1) is 9.40. The number of hydrogen-bond donors (Lipinski definition) is 1. The summed E-state index contributed by atoms with van der Waals surface area (Å²) in [7, 11) is 0. The Hall–Kier alpha value is -1.83. The van der Waals surface area contributed by atoms with Gasteiger partial charge in [0.15, 0.2) is 0 Å². The van der Waals surface area contributed by atoms with Gasteiger partial charge in [-0.2, -0.15) is 5.10 Å². The molecule has 1 atom stereocenters. The molecule has 1 aliphatic rings. The zero-order valence-corrected chi connectivity index (χ0v) is 9.27. The van der Waals surface area contributed by atoms with E-state index in [1.54, 1.807) is 0 Å². The normalized spacial score (nSPS) is 20.1. The highest BCUT2D eigenvalue weighted by molar-refractivity contribution is 5.91. The number of rotatable bonds is 1. The van der Waals surface area contributed by atoms with Crippen molar-refractivity contribution >= 4 is 16.5 Å². The van der Waals surface area contributed by atoms with E-state index in [1.807, 2.05) is 6.07 Å². The van der Waals surface area contributed by atoms with Crippen molar-refractivity contribution in [3.05, 3.63) is 48.2 Å². The second kappa shape index (κ2) is 3.63. The number of H-pyrrole nitrogens is 1. The number of benzene rings is 1. The van der Waals surface area contributed by atoms with Gasteiger partial charge in [0.25, 0.3) is 0 Å². The summed E-state index contributed by atoms with van der Waals surface area (Å²) >= 11 is 0. The molecule has 1 aromatic carbocycles. The Morgan fingerprint density at radius 3 is 3.06 bits per heavy atom. The minimum absolute atomic E-state index is 0.553. The molecule has 1 heterocycles. The van der Waals surface area contributed by atoms with Crippen LogP contribution < -0.4 is 0 Å². The lowest BCUT2D eigenvalue weighted by atomic mass is 9.90. The van der Waals surface area contributed by atoms with Gasteiger partial charge in [-0.1, -0.05) is 43.4 Å². The summed E-state index contributed by atoms with van der Waals surface area (Å²) in [6.07, 6.45) is 7.62. The van der Waals surface area contributed by atoms with E-state index in [0.717, 1.165) is 17.6 Å². The zero-order valence-electron chi connectivity index (χ0n) is 9.27. The average molecular weight is 210 g/mol. The van der Waals surface area contributed by atoms with Gasteiger partial charge in [-0.05, 0) is 24.0 Å². The summed E-state index contributed by atoms with van der Waals surface area (Å²) in [5, 5.41) is 8.75. The van der Waals surface area contributed by atoms with E-state index < -0.39 is 0 Å². The third kappa shape index (κ3) is 1.38. The first-order valence-electron chi connectivity index (χ1n) is 5.66. The molecule has 0 amide bonds. The molecule has 0 saturated carbocycles. The highest BCUT2D eigenvalue weighted by atomic mass is 15.1. The minimum atomic E-state index is 0.553. The lowest BCUT2D eigenvalue weighted by molar-refractivity contribution is 0.754. The summed E-state index contributed by atoms with van der Waals surface area (Å²) in [6.45, 7) is 2.25. The van der Waals surface area contributed by atoms with Crippen LogP contribution in [0, 0.1) is 5.92 Å². The molecule has 0 bridgehead atoms. The Kier molecular flexibility index (Phi) is 2.13. The van der Waals surface area contributed by atoms with E-state index in [0.29, 0.717) is 5.92 Å². The van der Waals surface area contributed by atoms with Gasteiger partial charge in [0.05, 0.1) is 11.2 Å². The highest BCUT2D eigenvalue weighted by Gasteiger charge is 2.16. The van der Waals surface area contributed by atoms with Crippen LogP contribution in [0.1, 0.15) is 19.0 Å². The molecule has 2 aromatic rings. The summed E-state index contributed by atoms with van der Waals surface area (Å²) in [4.78, 5) is 0. The van der Waals surface area contributed by atoms with Crippen LogP contribution >= 0.6 is 0 Å². The van der Waals surface area contributed by atoms with Crippen LogP contribution in [0.4, 0.5) is 0 Å². The largest absolute Gasteiger partial charge is 0.277 e. The Labute approximate surface area is 94.7 Å². The predicted molar refractivity (Wildman–Crippen MR) is 67.0 cm³/mol. The first-order chi connectivity index (χ1) is 7.86. The van der Waals surface area contributed by atoms with Crippen molar-refractivity contribution in [2.45, 2.75) is 13.3 Å². The molecule has 16 heavy (non-hydrogen) atoms. The molecule has 0 spiro atoms. The quantitative estimate of drug-likeness (QED) is 0.766. The topological polar surface area (TPSA) is 28.7 Å². The number of aromatic nitrogens is 2. The molecule has 2 heteroatoms. The van der Waals surface area contributed by atoms with Crippen molar-refractivity contribution in [3.63, 3.8) is 0 Å². The smallest absolute Gasteiger partial charge is 0.0961 e. The second-order valence-electron chi connectivity index (χ2n) is 4.30. The van der Waals surface area contributed by atoms with E-state index in [1.165, 1.54) is 11.0 Å². The molecule has 1 aliphatic carbocycles. The Morgan fingerprint density at radius 2 is 2.19 bits per heavy atom. The van der Waals surface area contributed by atoms with Crippen LogP contribution in [0.3, 0.4) is 0 Å². The number of nitrogens with one attached hydrogen (secondary N) is 1. The van der Waals surface area contributed by atoms with Crippen LogP contribution in [0.2, 0.25) is 0 Å². The maximum Gasteiger partial charge on any atom is 0.0961 e. The number of aromatic amines is 1. The van der Waals surface area contributed by atoms with Gasteiger partial charge in [-0.3, -0.25) is 5.10 Å². The molecular weight excluding hydrogens is 196 g/mol. The van der Waals surface area contributed by atoms with Crippen molar-refractivity contribution in [2.24, 2.45) is 5.92 Å². The van der Waals surface area contributed by atoms with Gasteiger partial charge in [0.1, 0.15) is 0 Å². The third-order valence-corrected chi connectivity index (χ3v) is 3.18. The molecule has 0 aliphatic heterocycles. The third-order valence-electron chi connectivity index (χ3n) is 3.18. The van der Waals surface area contributed by atoms with Crippen LogP contribution in [-0.4, -0.2) is 10.2 Å². The van der Waals surface area contributed by atoms with Gasteiger partial charge in [0.2, 0.25) is 0 Å². The molecule has 0 saturated heterocycles. The SMILES string of the molecule is CC1CC=CC=C1c1n[nH]c2ccccc12. The molecular formula is C14H14N2. The number of hydrogen-bond acceptors (Lipinski definition) is 1. The van der Waals surface area contributed by atoms with E-state index in [-0.39, 0.29) is 0 Å². The van der Waals surface area contributed by atoms with E-state index in [4.69, 9.17) is 0 Å². The fourth-order valence-corrected chi connectivity index (χ4v) is 2.24. The van der Waals surface area contributed by atoms with Gasteiger partial charge < -0.3 is 0 Å². The van der Waals surface area contributed by atoms with Gasteiger partial charge in [-0.25, -0.2) is 0 Å². The van der Waals surface area contributed by atoms with Crippen molar-refractivity contribution < 1.29 is 0 Å². The molecule has 0 fully saturated rings. The minimum Gasteiger partial charge on any atom is -0.277 e. The Morgan fingerprint density at radius 1 is 1.31 bits per heavy atom. The molecule has 0 radical (unpaired) electrons. The van der Waals surface area contributed by atoms with Crippen LogP contribution in [-0.2, 0) is 0 Å². The van der Waals surface area contributed by atoms with Crippen molar-refractivity contribution in [1.82, 2.24) is 10.2 Å². The molecule has 1 N–H and O–H groups in total. The fraction of sp³-hybridized carbons (Fsp3) is 0.214. The van der Waals surface area contributed by atoms with E-state index >= 15 is 0 Å². The molecule has 2 nitrogen and oxygen atoms in total. The number of fused-ring (bicyclic) bond motifs is 1. The fourth-order valence-electron chi connectivity index (χ4n) is 2.24. The maximum atomic E-state index is 4.44. The average Bonchev–Trinajstić information content (AvgIpc) is 2.74. The van der Waals surface area contributed by atoms with Crippen molar-refractivity contribution in [3.8, 4) is 0 Å². The molecule has 1 aromatic heterocycles. The highest BCUT2D eigenvalue weighted by Crippen LogP contribution is 2.31. The van der Waals surface area contributed by atoms with Gasteiger partial charge in [0, 0.05) is 5.39 Å². The number of allylic oxidation sites excluding steroid dienone is 4. The van der Waals surface area contributed by atoms with E-state index in [9.17, 15) is 0 Å². The second-order valence-corrected chi connectivity index (χ2v) is 4.30. The summed E-state index contributed by atoms with van der Waals surface area (Å²) in [5.74, 6) is 0.553. The van der Waals surface area contributed by atoms with Gasteiger partial charge >= 0.3 is 0 Å². The lowest BCUT2D eigenvalue weighted by Gasteiger charge is -2.15. The van der Waals surface area contributed by atoms with Crippen LogP contribution in [0.5, 0.6) is 0 Å². The van der Waals surface area contributed by atoms with Gasteiger partial charge in [-0.15, -0.1) is 0 Å². The number of nitrogens with zero attached hydrogens (tertiary/aromatic N) is 1. The Balaban J connectivity index is 2.19. The van der Waals surface area contributed by atoms with Crippen LogP contribution in [0.25, 0.3) is 16.5 Å². The summed E-state index contributed by atoms with van der Waals surface area (Å²) in [5.41, 5.74) is 3.55. The molecule has 1 unspecified atom stereocenters. The zero-order chi connectivity index (χ0) is 11.0. The van der Waals surface area contributed by atoms with Crippen molar-refractivity contribution in [2.75, 3.05) is 0 Å². The standard InChI is InChI=1S/C14H14N2/c1-10-6-2-3-7-11(10)14-12-8-4-5-9-13(12)15-16-14/h2-5,7-10H,6H2,1H3,(H,15,16). The molecule has 80 valence electrons. The monoisotopic (exact) mass is 210 g/mol. The number of para-hydroxylation sites is 1. The first-order valence-corrected chi connectivity index (χ1v) is 5.66. The summed E-state index contributed by atoms with van der Waals surface area (Å²) in [6, 6.07) is 8.28. The summed E-state index contributed by atoms with van der Waals surface area (Å²) < 4.78 is 0. The maximum absolute atomic E-state index is 4.44. The predicted octanol–water partition coefficient (Wildman–Crippen LogP) is 3.54. The Bertz CT molecular complexity index is 575. The lowest BCUT2D eigenvalue weighted by Crippen LogP contribution is -2.01. The van der Waals surface area contributed by atoms with Crippen molar-refractivity contribution in [1.29, 1.82) is 0 Å². The van der Waals surface area contributed by atoms with E-state index in [2.05, 4.69) is 53.5 Å². The molecule has 3 rings (SSSR count). The van der Waals surface area contributed by atoms with Crippen LogP contribution in [0.15, 0.2) is 42.5 Å².